The lowest BCUT2D eigenvalue weighted by molar-refractivity contribution is -0.104. The van der Waals surface area contributed by atoms with Crippen molar-refractivity contribution < 1.29 is 18.6 Å². The highest BCUT2D eigenvalue weighted by Gasteiger charge is 2.40. The molecule has 0 unspecified atom stereocenters. The maximum absolute atomic E-state index is 12.4. The molecule has 4 heteroatoms. The first-order chi connectivity index (χ1) is 5.21. The van der Waals surface area contributed by atoms with E-state index in [1.807, 2.05) is 0 Å². The average molecular weight is 166 g/mol. The van der Waals surface area contributed by atoms with Crippen LogP contribution in [0.3, 0.4) is 0 Å². The summed E-state index contributed by atoms with van der Waals surface area (Å²) in [4.78, 5) is 0. The van der Waals surface area contributed by atoms with Gasteiger partial charge in [-0.1, -0.05) is 0 Å². The fourth-order valence-electron chi connectivity index (χ4n) is 1.22. The van der Waals surface area contributed by atoms with Gasteiger partial charge < -0.3 is 9.84 Å². The van der Waals surface area contributed by atoms with E-state index >= 15 is 0 Å². The quantitative estimate of drug-likeness (QED) is 0.664. The van der Waals surface area contributed by atoms with Crippen LogP contribution >= 0.6 is 0 Å². The van der Waals surface area contributed by atoms with Crippen LogP contribution in [-0.2, 0) is 4.74 Å². The van der Waals surface area contributed by atoms with Gasteiger partial charge in [0.25, 0.3) is 0 Å². The maximum Gasteiger partial charge on any atom is 0.246 e. The van der Waals surface area contributed by atoms with Crippen LogP contribution in [0.15, 0.2) is 0 Å². The zero-order valence-corrected chi connectivity index (χ0v) is 6.22. The Kier molecular flexibility index (Phi) is 2.78. The van der Waals surface area contributed by atoms with Crippen molar-refractivity contribution in [1.82, 2.24) is 0 Å². The number of alkyl halides is 2. The van der Waals surface area contributed by atoms with Crippen LogP contribution < -0.4 is 0 Å². The van der Waals surface area contributed by atoms with Crippen molar-refractivity contribution in [2.75, 3.05) is 19.8 Å². The Morgan fingerprint density at radius 3 is 2.18 bits per heavy atom. The second-order valence-corrected chi connectivity index (χ2v) is 2.93. The molecule has 0 radical (unpaired) electrons. The zero-order chi connectivity index (χ0) is 8.32. The van der Waals surface area contributed by atoms with Crippen LogP contribution in [0.2, 0.25) is 0 Å². The molecule has 0 amide bonds. The minimum absolute atomic E-state index is 0.265. The van der Waals surface area contributed by atoms with Gasteiger partial charge >= 0.3 is 0 Å². The predicted octanol–water partition coefficient (Wildman–Crippen LogP) is 1.04. The van der Waals surface area contributed by atoms with Crippen LogP contribution in [-0.4, -0.2) is 31.4 Å². The summed E-state index contributed by atoms with van der Waals surface area (Å²) in [7, 11) is 0. The number of hydrogen-bond donors (Lipinski definition) is 1. The van der Waals surface area contributed by atoms with Crippen molar-refractivity contribution in [3.63, 3.8) is 0 Å². The van der Waals surface area contributed by atoms with E-state index in [2.05, 4.69) is 0 Å². The molecule has 0 bridgehead atoms. The SMILES string of the molecule is OCC1(C(F)F)CCOCC1. The van der Waals surface area contributed by atoms with Gasteiger partial charge in [-0.25, -0.2) is 8.78 Å². The fourth-order valence-corrected chi connectivity index (χ4v) is 1.22. The summed E-state index contributed by atoms with van der Waals surface area (Å²) in [6.07, 6.45) is -1.90. The number of hydrogen-bond acceptors (Lipinski definition) is 2. The monoisotopic (exact) mass is 166 g/mol. The normalized spacial score (nSPS) is 24.0. The van der Waals surface area contributed by atoms with Crippen LogP contribution in [0.1, 0.15) is 12.8 Å². The summed E-state index contributed by atoms with van der Waals surface area (Å²) in [5.41, 5.74) is -1.18. The van der Waals surface area contributed by atoms with Gasteiger partial charge in [0.1, 0.15) is 0 Å². The Bertz CT molecular complexity index is 122. The number of aliphatic hydroxyl groups is 1. The molecule has 0 spiro atoms. The van der Waals surface area contributed by atoms with E-state index in [1.165, 1.54) is 0 Å². The minimum atomic E-state index is -2.43. The summed E-state index contributed by atoms with van der Waals surface area (Å²) in [5, 5.41) is 8.78. The molecule has 66 valence electrons. The third-order valence-electron chi connectivity index (χ3n) is 2.27. The fraction of sp³-hybridized carbons (Fsp3) is 1.00. The topological polar surface area (TPSA) is 29.5 Å². The summed E-state index contributed by atoms with van der Waals surface area (Å²) in [6, 6.07) is 0. The van der Waals surface area contributed by atoms with Crippen molar-refractivity contribution >= 4 is 0 Å². The highest BCUT2D eigenvalue weighted by Crippen LogP contribution is 2.35. The van der Waals surface area contributed by atoms with Gasteiger partial charge in [0.2, 0.25) is 6.43 Å². The Balaban J connectivity index is 2.57. The average Bonchev–Trinajstić information content (AvgIpc) is 2.05. The third-order valence-corrected chi connectivity index (χ3v) is 2.27. The molecular weight excluding hydrogens is 154 g/mol. The minimum Gasteiger partial charge on any atom is -0.396 e. The molecule has 0 aromatic rings. The summed E-state index contributed by atoms with van der Waals surface area (Å²) >= 11 is 0. The molecule has 0 atom stereocenters. The largest absolute Gasteiger partial charge is 0.396 e. The molecular formula is C7H12F2O2. The van der Waals surface area contributed by atoms with Crippen LogP contribution in [0.25, 0.3) is 0 Å². The highest BCUT2D eigenvalue weighted by molar-refractivity contribution is 4.83. The van der Waals surface area contributed by atoms with E-state index < -0.39 is 18.4 Å². The first kappa shape index (κ1) is 8.87. The lowest BCUT2D eigenvalue weighted by Crippen LogP contribution is -2.39. The molecule has 0 aromatic carbocycles. The Hall–Kier alpha value is -0.220. The molecule has 1 aliphatic rings. The number of rotatable bonds is 2. The summed E-state index contributed by atoms with van der Waals surface area (Å²) in [5.74, 6) is 0. The third kappa shape index (κ3) is 1.68. The molecule has 11 heavy (non-hydrogen) atoms. The van der Waals surface area contributed by atoms with Gasteiger partial charge in [-0.05, 0) is 12.8 Å². The molecule has 0 aliphatic carbocycles. The Morgan fingerprint density at radius 2 is 1.91 bits per heavy atom. The summed E-state index contributed by atoms with van der Waals surface area (Å²) in [6.45, 7) is 0.240. The molecule has 1 rings (SSSR count). The van der Waals surface area contributed by atoms with Gasteiger partial charge in [-0.2, -0.15) is 0 Å². The number of ether oxygens (including phenoxy) is 1. The molecule has 2 nitrogen and oxygen atoms in total. The molecule has 1 saturated heterocycles. The van der Waals surface area contributed by atoms with Gasteiger partial charge in [-0.15, -0.1) is 0 Å². The van der Waals surface area contributed by atoms with E-state index in [9.17, 15) is 8.78 Å². The van der Waals surface area contributed by atoms with Gasteiger partial charge in [0.15, 0.2) is 0 Å². The number of aliphatic hydroxyl groups excluding tert-OH is 1. The van der Waals surface area contributed by atoms with Crippen molar-refractivity contribution in [1.29, 1.82) is 0 Å². The van der Waals surface area contributed by atoms with Crippen LogP contribution in [0.5, 0.6) is 0 Å². The van der Waals surface area contributed by atoms with Gasteiger partial charge in [0.05, 0.1) is 12.0 Å². The second kappa shape index (κ2) is 3.45. The van der Waals surface area contributed by atoms with Crippen LogP contribution in [0, 0.1) is 5.41 Å². The smallest absolute Gasteiger partial charge is 0.246 e. The van der Waals surface area contributed by atoms with E-state index in [1.54, 1.807) is 0 Å². The van der Waals surface area contributed by atoms with Crippen molar-refractivity contribution in [3.8, 4) is 0 Å². The lowest BCUT2D eigenvalue weighted by Gasteiger charge is -2.34. The van der Waals surface area contributed by atoms with Gasteiger partial charge in [0, 0.05) is 13.2 Å². The van der Waals surface area contributed by atoms with E-state index in [4.69, 9.17) is 9.84 Å². The predicted molar refractivity (Wildman–Crippen MR) is 35.6 cm³/mol. The van der Waals surface area contributed by atoms with Gasteiger partial charge in [-0.3, -0.25) is 0 Å². The van der Waals surface area contributed by atoms with Crippen molar-refractivity contribution in [2.45, 2.75) is 19.3 Å². The van der Waals surface area contributed by atoms with E-state index in [0.717, 1.165) is 0 Å². The van der Waals surface area contributed by atoms with Crippen molar-refractivity contribution in [2.24, 2.45) is 5.41 Å². The maximum atomic E-state index is 12.4. The van der Waals surface area contributed by atoms with E-state index in [0.29, 0.717) is 13.2 Å². The number of halogens is 2. The first-order valence-electron chi connectivity index (χ1n) is 3.68. The molecule has 1 aliphatic heterocycles. The molecule has 0 aromatic heterocycles. The first-order valence-corrected chi connectivity index (χ1v) is 3.68. The Labute approximate surface area is 64.2 Å². The second-order valence-electron chi connectivity index (χ2n) is 2.93. The standard InChI is InChI=1S/C7H12F2O2/c8-6(9)7(5-10)1-3-11-4-2-7/h6,10H,1-5H2. The molecule has 0 saturated carbocycles. The van der Waals surface area contributed by atoms with E-state index in [-0.39, 0.29) is 12.8 Å². The Morgan fingerprint density at radius 1 is 1.36 bits per heavy atom. The molecule has 1 N–H and O–H groups in total. The zero-order valence-electron chi connectivity index (χ0n) is 6.22. The summed E-state index contributed by atoms with van der Waals surface area (Å²) < 4.78 is 29.7. The lowest BCUT2D eigenvalue weighted by atomic mass is 9.81. The molecule has 1 fully saturated rings. The molecule has 1 heterocycles. The van der Waals surface area contributed by atoms with Crippen molar-refractivity contribution in [3.05, 3.63) is 0 Å². The van der Waals surface area contributed by atoms with Crippen LogP contribution in [0.4, 0.5) is 8.78 Å². The highest BCUT2D eigenvalue weighted by atomic mass is 19.3.